The molecule has 3 aromatic rings. The first-order chi connectivity index (χ1) is 15.5. The van der Waals surface area contributed by atoms with Crippen molar-refractivity contribution in [2.24, 2.45) is 0 Å². The van der Waals surface area contributed by atoms with E-state index in [0.29, 0.717) is 37.4 Å². The summed E-state index contributed by atoms with van der Waals surface area (Å²) in [6, 6.07) is 13.3. The molecule has 5 nitrogen and oxygen atoms in total. The van der Waals surface area contributed by atoms with Crippen molar-refractivity contribution in [2.75, 3.05) is 26.3 Å². The fourth-order valence-electron chi connectivity index (χ4n) is 3.87. The van der Waals surface area contributed by atoms with E-state index in [1.165, 1.54) is 59.5 Å². The number of hydrogen-bond donors (Lipinski definition) is 0. The van der Waals surface area contributed by atoms with Crippen LogP contribution < -0.4 is 9.47 Å². The summed E-state index contributed by atoms with van der Waals surface area (Å²) in [5.74, 6) is -3.51. The van der Waals surface area contributed by atoms with Crippen molar-refractivity contribution in [3.63, 3.8) is 0 Å². The van der Waals surface area contributed by atoms with Gasteiger partial charge >= 0.3 is 5.79 Å². The molecule has 0 atom stereocenters. The molecule has 0 bridgehead atoms. The number of morpholine rings is 1. The van der Waals surface area contributed by atoms with Gasteiger partial charge in [-0.15, -0.1) is 0 Å². The Morgan fingerprint density at radius 1 is 0.781 bits per heavy atom. The van der Waals surface area contributed by atoms with E-state index in [0.717, 1.165) is 6.07 Å². The number of fused-ring (bicyclic) bond motifs is 1. The maximum absolute atomic E-state index is 14.9. The van der Waals surface area contributed by atoms with Crippen molar-refractivity contribution < 1.29 is 32.2 Å². The predicted molar refractivity (Wildman–Crippen MR) is 108 cm³/mol. The molecule has 164 valence electrons. The van der Waals surface area contributed by atoms with Crippen LogP contribution in [0.1, 0.15) is 21.5 Å². The molecule has 0 aliphatic carbocycles. The van der Waals surface area contributed by atoms with E-state index in [1.54, 1.807) is 0 Å². The normalized spacial score (nSPS) is 16.8. The summed E-state index contributed by atoms with van der Waals surface area (Å²) >= 11 is 0. The first-order valence-corrected chi connectivity index (χ1v) is 10.1. The molecule has 2 heterocycles. The number of benzene rings is 3. The zero-order chi connectivity index (χ0) is 22.3. The third kappa shape index (κ3) is 3.46. The van der Waals surface area contributed by atoms with Gasteiger partial charge in [0, 0.05) is 30.3 Å². The lowest BCUT2D eigenvalue weighted by atomic mass is 9.97. The van der Waals surface area contributed by atoms with Gasteiger partial charge in [-0.1, -0.05) is 0 Å². The standard InChI is InChI=1S/C24H18F3NO4/c25-17-5-1-15(2-6-17)24(16-3-7-18(26)8-4-16)31-21-13-19(20(27)14-22(21)32-24)23(29)28-9-11-30-12-10-28/h1-8,13-14H,9-12H2. The number of carbonyl (C=O) groups is 1. The van der Waals surface area contributed by atoms with Gasteiger partial charge in [-0.25, -0.2) is 13.2 Å². The first-order valence-electron chi connectivity index (χ1n) is 10.1. The van der Waals surface area contributed by atoms with Gasteiger partial charge in [0.1, 0.15) is 17.5 Å². The molecule has 2 aliphatic heterocycles. The molecule has 8 heteroatoms. The van der Waals surface area contributed by atoms with Gasteiger partial charge < -0.3 is 19.1 Å². The van der Waals surface area contributed by atoms with Gasteiger partial charge in [-0.2, -0.15) is 0 Å². The minimum Gasteiger partial charge on any atom is -0.440 e. The summed E-state index contributed by atoms with van der Waals surface area (Å²) in [5, 5.41) is 0. The molecule has 0 spiro atoms. The van der Waals surface area contributed by atoms with Gasteiger partial charge in [0.25, 0.3) is 5.91 Å². The average molecular weight is 441 g/mol. The number of nitrogens with zero attached hydrogens (tertiary/aromatic N) is 1. The molecular formula is C24H18F3NO4. The topological polar surface area (TPSA) is 48.0 Å². The lowest BCUT2D eigenvalue weighted by Crippen LogP contribution is -2.41. The van der Waals surface area contributed by atoms with Crippen LogP contribution in [0.3, 0.4) is 0 Å². The predicted octanol–water partition coefficient (Wildman–Crippen LogP) is 4.25. The van der Waals surface area contributed by atoms with Crippen LogP contribution in [0.4, 0.5) is 13.2 Å². The Kier molecular flexibility index (Phi) is 5.01. The number of hydrogen-bond acceptors (Lipinski definition) is 4. The molecule has 0 N–H and O–H groups in total. The second-order valence-electron chi connectivity index (χ2n) is 7.52. The average Bonchev–Trinajstić information content (AvgIpc) is 3.19. The highest BCUT2D eigenvalue weighted by atomic mass is 19.1. The summed E-state index contributed by atoms with van der Waals surface area (Å²) in [6.45, 7) is 1.50. The monoisotopic (exact) mass is 441 g/mol. The Morgan fingerprint density at radius 3 is 1.81 bits per heavy atom. The molecule has 1 saturated heterocycles. The maximum atomic E-state index is 14.9. The fourth-order valence-corrected chi connectivity index (χ4v) is 3.87. The van der Waals surface area contributed by atoms with Crippen LogP contribution in [0.15, 0.2) is 60.7 Å². The minimum atomic E-state index is -1.60. The number of rotatable bonds is 3. The van der Waals surface area contributed by atoms with Crippen LogP contribution in [-0.4, -0.2) is 37.1 Å². The van der Waals surface area contributed by atoms with Crippen molar-refractivity contribution in [3.8, 4) is 11.5 Å². The highest BCUT2D eigenvalue weighted by molar-refractivity contribution is 5.95. The number of halogens is 3. The van der Waals surface area contributed by atoms with Crippen LogP contribution in [0.25, 0.3) is 0 Å². The molecule has 0 aromatic heterocycles. The Hall–Kier alpha value is -3.52. The summed E-state index contributed by atoms with van der Waals surface area (Å²) in [6.07, 6.45) is 0. The summed E-state index contributed by atoms with van der Waals surface area (Å²) in [4.78, 5) is 14.4. The molecule has 5 rings (SSSR count). The van der Waals surface area contributed by atoms with Gasteiger partial charge in [0.2, 0.25) is 0 Å². The maximum Gasteiger partial charge on any atom is 0.305 e. The van der Waals surface area contributed by atoms with Gasteiger partial charge in [-0.05, 0) is 54.6 Å². The molecule has 2 aliphatic rings. The number of amides is 1. The lowest BCUT2D eigenvalue weighted by Gasteiger charge is -2.28. The summed E-state index contributed by atoms with van der Waals surface area (Å²) in [5.41, 5.74) is 0.689. The first kappa shape index (κ1) is 20.4. The number of carbonyl (C=O) groups excluding carboxylic acids is 1. The Bertz CT molecular complexity index is 1110. The minimum absolute atomic E-state index is 0.0784. The lowest BCUT2D eigenvalue weighted by molar-refractivity contribution is -0.0460. The quantitative estimate of drug-likeness (QED) is 0.610. The zero-order valence-corrected chi connectivity index (χ0v) is 16.8. The fraction of sp³-hybridized carbons (Fsp3) is 0.208. The van der Waals surface area contributed by atoms with Crippen LogP contribution in [0.2, 0.25) is 0 Å². The van der Waals surface area contributed by atoms with E-state index in [2.05, 4.69) is 0 Å². The summed E-state index contributed by atoms with van der Waals surface area (Å²) < 4.78 is 59.5. The van der Waals surface area contributed by atoms with E-state index in [-0.39, 0.29) is 17.1 Å². The van der Waals surface area contributed by atoms with E-state index in [1.807, 2.05) is 0 Å². The van der Waals surface area contributed by atoms with Crippen LogP contribution >= 0.6 is 0 Å². The van der Waals surface area contributed by atoms with Gasteiger partial charge in [-0.3, -0.25) is 4.79 Å². The molecule has 32 heavy (non-hydrogen) atoms. The van der Waals surface area contributed by atoms with Crippen molar-refractivity contribution in [1.82, 2.24) is 4.90 Å². The van der Waals surface area contributed by atoms with Crippen molar-refractivity contribution in [3.05, 3.63) is 94.8 Å². The molecule has 0 saturated carbocycles. The largest absolute Gasteiger partial charge is 0.440 e. The van der Waals surface area contributed by atoms with E-state index in [9.17, 15) is 18.0 Å². The molecule has 1 amide bonds. The molecule has 3 aromatic carbocycles. The van der Waals surface area contributed by atoms with Crippen molar-refractivity contribution in [1.29, 1.82) is 0 Å². The molecule has 1 fully saturated rings. The van der Waals surface area contributed by atoms with E-state index >= 15 is 0 Å². The highest BCUT2D eigenvalue weighted by Crippen LogP contribution is 2.48. The Labute approximate surface area is 181 Å². The highest BCUT2D eigenvalue weighted by Gasteiger charge is 2.46. The third-order valence-corrected chi connectivity index (χ3v) is 5.52. The van der Waals surface area contributed by atoms with Crippen LogP contribution in [0.5, 0.6) is 11.5 Å². The van der Waals surface area contributed by atoms with Crippen LogP contribution in [0, 0.1) is 17.5 Å². The summed E-state index contributed by atoms with van der Waals surface area (Å²) in [7, 11) is 0. The third-order valence-electron chi connectivity index (χ3n) is 5.52. The zero-order valence-electron chi connectivity index (χ0n) is 16.8. The number of ether oxygens (including phenoxy) is 3. The molecular weight excluding hydrogens is 423 g/mol. The van der Waals surface area contributed by atoms with Crippen molar-refractivity contribution >= 4 is 5.91 Å². The Morgan fingerprint density at radius 2 is 1.28 bits per heavy atom. The van der Waals surface area contributed by atoms with Gasteiger partial charge in [0.05, 0.1) is 18.8 Å². The molecule has 0 unspecified atom stereocenters. The second kappa shape index (κ2) is 7.87. The van der Waals surface area contributed by atoms with E-state index < -0.39 is 29.1 Å². The smallest absolute Gasteiger partial charge is 0.305 e. The molecule has 0 radical (unpaired) electrons. The van der Waals surface area contributed by atoms with E-state index in [4.69, 9.17) is 14.2 Å². The van der Waals surface area contributed by atoms with Crippen molar-refractivity contribution in [2.45, 2.75) is 5.79 Å². The Balaban J connectivity index is 1.56. The van der Waals surface area contributed by atoms with Crippen LogP contribution in [-0.2, 0) is 10.5 Å². The SMILES string of the molecule is O=C(c1cc2c(cc1F)OC(c1ccc(F)cc1)(c1ccc(F)cc1)O2)N1CCOCC1. The second-order valence-corrected chi connectivity index (χ2v) is 7.52. The van der Waals surface area contributed by atoms with Gasteiger partial charge in [0.15, 0.2) is 11.5 Å².